The third-order valence-electron chi connectivity index (χ3n) is 1.95. The molecule has 0 unspecified atom stereocenters. The fourth-order valence-electron chi connectivity index (χ4n) is 1.17. The van der Waals surface area contributed by atoms with E-state index in [0.29, 0.717) is 0 Å². The average molecular weight is 270 g/mol. The van der Waals surface area contributed by atoms with Gasteiger partial charge in [0, 0.05) is 18.6 Å². The molecule has 0 saturated carbocycles. The molecule has 0 heterocycles. The van der Waals surface area contributed by atoms with Crippen molar-refractivity contribution in [2.24, 2.45) is 5.14 Å². The molecule has 8 heteroatoms. The number of nitrogens with two attached hydrogens (primary N) is 1. The van der Waals surface area contributed by atoms with Crippen molar-refractivity contribution in [3.8, 4) is 18.1 Å². The summed E-state index contributed by atoms with van der Waals surface area (Å²) in [5, 5.41) is 15.5. The van der Waals surface area contributed by atoms with Crippen molar-refractivity contribution in [2.45, 2.75) is 11.3 Å². The molecule has 0 bridgehead atoms. The van der Waals surface area contributed by atoms with E-state index in [4.69, 9.17) is 16.3 Å². The molecule has 0 aliphatic rings. The first-order valence-electron chi connectivity index (χ1n) is 4.73. The molecule has 7 nitrogen and oxygen atoms in total. The molecule has 0 aliphatic heterocycles. The van der Waals surface area contributed by atoms with E-state index in [0.717, 1.165) is 12.1 Å². The van der Waals surface area contributed by atoms with Gasteiger partial charge in [0.25, 0.3) is 5.69 Å². The molecule has 0 amide bonds. The predicted octanol–water partition coefficient (Wildman–Crippen LogP) is 0.644. The van der Waals surface area contributed by atoms with Crippen molar-refractivity contribution >= 4 is 15.7 Å². The molecule has 18 heavy (non-hydrogen) atoms. The maximum atomic E-state index is 11.3. The van der Waals surface area contributed by atoms with Crippen molar-refractivity contribution in [3.63, 3.8) is 0 Å². The van der Waals surface area contributed by atoms with Crippen molar-refractivity contribution in [1.29, 1.82) is 0 Å². The van der Waals surface area contributed by atoms with Gasteiger partial charge in [-0.25, -0.2) is 13.6 Å². The highest BCUT2D eigenvalue weighted by Gasteiger charge is 2.19. The van der Waals surface area contributed by atoms with Gasteiger partial charge >= 0.3 is 0 Å². The van der Waals surface area contributed by atoms with Crippen LogP contribution in [-0.2, 0) is 10.0 Å². The van der Waals surface area contributed by atoms with E-state index >= 15 is 0 Å². The summed E-state index contributed by atoms with van der Waals surface area (Å²) in [6.07, 6.45) is 5.30. The lowest BCUT2D eigenvalue weighted by Crippen LogP contribution is -2.14. The molecule has 0 saturated heterocycles. The second kappa shape index (κ2) is 5.48. The zero-order valence-electron chi connectivity index (χ0n) is 9.20. The van der Waals surface area contributed by atoms with Crippen LogP contribution >= 0.6 is 0 Å². The molecule has 0 aromatic heterocycles. The van der Waals surface area contributed by atoms with Gasteiger partial charge in [0.05, 0.1) is 11.5 Å². The first kappa shape index (κ1) is 14.0. The summed E-state index contributed by atoms with van der Waals surface area (Å²) < 4.78 is 27.7. The largest absolute Gasteiger partial charge is 0.491 e. The Morgan fingerprint density at radius 3 is 2.67 bits per heavy atom. The Labute approximate surface area is 104 Å². The van der Waals surface area contributed by atoms with E-state index in [2.05, 4.69) is 5.92 Å². The van der Waals surface area contributed by atoms with Gasteiger partial charge in [-0.1, -0.05) is 0 Å². The van der Waals surface area contributed by atoms with E-state index in [9.17, 15) is 18.5 Å². The van der Waals surface area contributed by atoms with Crippen LogP contribution in [0.4, 0.5) is 5.69 Å². The molecule has 0 atom stereocenters. The summed E-state index contributed by atoms with van der Waals surface area (Å²) in [4.78, 5) is 9.40. The Morgan fingerprint density at radius 1 is 1.50 bits per heavy atom. The summed E-state index contributed by atoms with van der Waals surface area (Å²) in [6.45, 7) is 0.0941. The van der Waals surface area contributed by atoms with E-state index in [1.165, 1.54) is 6.07 Å². The van der Waals surface area contributed by atoms with Crippen LogP contribution in [0.3, 0.4) is 0 Å². The molecule has 1 rings (SSSR count). The van der Waals surface area contributed by atoms with Crippen LogP contribution in [0.2, 0.25) is 0 Å². The van der Waals surface area contributed by atoms with Gasteiger partial charge in [-0.05, 0) is 6.07 Å². The molecule has 1 aromatic carbocycles. The Morgan fingerprint density at radius 2 is 2.17 bits per heavy atom. The minimum Gasteiger partial charge on any atom is -0.491 e. The molecule has 1 aromatic rings. The zero-order chi connectivity index (χ0) is 13.8. The van der Waals surface area contributed by atoms with E-state index < -0.39 is 19.8 Å². The molecule has 2 N–H and O–H groups in total. The number of sulfonamides is 1. The molecule has 0 spiro atoms. The monoisotopic (exact) mass is 270 g/mol. The van der Waals surface area contributed by atoms with Crippen LogP contribution < -0.4 is 9.88 Å². The molecule has 0 aliphatic carbocycles. The van der Waals surface area contributed by atoms with Crippen LogP contribution in [-0.4, -0.2) is 19.9 Å². The maximum absolute atomic E-state index is 11.3. The van der Waals surface area contributed by atoms with Gasteiger partial charge in [0.15, 0.2) is 0 Å². The van der Waals surface area contributed by atoms with Crippen LogP contribution in [0.15, 0.2) is 23.1 Å². The first-order valence-corrected chi connectivity index (χ1v) is 6.28. The van der Waals surface area contributed by atoms with E-state index in [1.54, 1.807) is 0 Å². The van der Waals surface area contributed by atoms with Gasteiger partial charge in [-0.3, -0.25) is 10.1 Å². The number of rotatable bonds is 5. The fraction of sp³-hybridized carbons (Fsp3) is 0.200. The highest BCUT2D eigenvalue weighted by atomic mass is 32.2. The number of hydrogen-bond donors (Lipinski definition) is 1. The number of ether oxygens (including phenoxy) is 1. The fourth-order valence-corrected chi connectivity index (χ4v) is 1.86. The summed E-state index contributed by atoms with van der Waals surface area (Å²) in [7, 11) is -4.11. The number of non-ortho nitro benzene ring substituents is 1. The summed E-state index contributed by atoms with van der Waals surface area (Å²) in [5.74, 6) is 2.25. The van der Waals surface area contributed by atoms with Crippen molar-refractivity contribution < 1.29 is 18.1 Å². The highest BCUT2D eigenvalue weighted by molar-refractivity contribution is 7.89. The normalized spacial score (nSPS) is 10.7. The van der Waals surface area contributed by atoms with Crippen LogP contribution in [0.25, 0.3) is 0 Å². The van der Waals surface area contributed by atoms with Gasteiger partial charge in [0.1, 0.15) is 10.6 Å². The summed E-state index contributed by atoms with van der Waals surface area (Å²) in [6, 6.07) is 3.15. The van der Waals surface area contributed by atoms with E-state index in [1.807, 2.05) is 0 Å². The first-order chi connectivity index (χ1) is 8.36. The zero-order valence-corrected chi connectivity index (χ0v) is 10.0. The van der Waals surface area contributed by atoms with Gasteiger partial charge in [-0.15, -0.1) is 12.3 Å². The van der Waals surface area contributed by atoms with Gasteiger partial charge in [-0.2, -0.15) is 0 Å². The second-order valence-electron chi connectivity index (χ2n) is 3.24. The number of benzene rings is 1. The molecule has 0 radical (unpaired) electrons. The van der Waals surface area contributed by atoms with Crippen LogP contribution in [0, 0.1) is 22.5 Å². The lowest BCUT2D eigenvalue weighted by molar-refractivity contribution is -0.385. The van der Waals surface area contributed by atoms with Crippen LogP contribution in [0.5, 0.6) is 5.75 Å². The third kappa shape index (κ3) is 3.44. The van der Waals surface area contributed by atoms with Crippen molar-refractivity contribution in [3.05, 3.63) is 28.3 Å². The molecule has 0 fully saturated rings. The van der Waals surface area contributed by atoms with Crippen molar-refractivity contribution in [1.82, 2.24) is 0 Å². The third-order valence-corrected chi connectivity index (χ3v) is 2.88. The smallest absolute Gasteiger partial charge is 0.271 e. The van der Waals surface area contributed by atoms with Crippen molar-refractivity contribution in [2.75, 3.05) is 6.61 Å². The topological polar surface area (TPSA) is 113 Å². The second-order valence-corrected chi connectivity index (χ2v) is 4.77. The molecule has 96 valence electrons. The van der Waals surface area contributed by atoms with Crippen LogP contribution in [0.1, 0.15) is 6.42 Å². The standard InChI is InChI=1S/C10H10N2O5S/c1-2-3-6-17-9-5-4-8(12(13)14)7-10(9)18(11,15)16/h1,4-5,7H,3,6H2,(H2,11,15,16). The van der Waals surface area contributed by atoms with E-state index in [-0.39, 0.29) is 24.5 Å². The summed E-state index contributed by atoms with van der Waals surface area (Å²) >= 11 is 0. The number of nitro groups is 1. The quantitative estimate of drug-likeness (QED) is 0.365. The Hall–Kier alpha value is -2.11. The Balaban J connectivity index is 3.19. The van der Waals surface area contributed by atoms with Gasteiger partial charge < -0.3 is 4.74 Å². The lowest BCUT2D eigenvalue weighted by Gasteiger charge is -2.08. The number of primary sulfonamides is 1. The number of terminal acetylenes is 1. The SMILES string of the molecule is C#CCCOc1ccc([N+](=O)[O-])cc1S(N)(=O)=O. The Bertz CT molecular complexity index is 603. The number of hydrogen-bond acceptors (Lipinski definition) is 5. The number of nitro benzene ring substituents is 1. The number of nitrogens with zero attached hydrogens (tertiary/aromatic N) is 1. The minimum absolute atomic E-state index is 0.0571. The molecular weight excluding hydrogens is 260 g/mol. The minimum atomic E-state index is -4.11. The Kier molecular flexibility index (Phi) is 4.25. The lowest BCUT2D eigenvalue weighted by atomic mass is 10.3. The molecular formula is C10H10N2O5S. The highest BCUT2D eigenvalue weighted by Crippen LogP contribution is 2.27. The average Bonchev–Trinajstić information content (AvgIpc) is 2.28. The summed E-state index contributed by atoms with van der Waals surface area (Å²) in [5.41, 5.74) is -0.386. The predicted molar refractivity (Wildman–Crippen MR) is 63.4 cm³/mol. The maximum Gasteiger partial charge on any atom is 0.271 e. The van der Waals surface area contributed by atoms with Gasteiger partial charge in [0.2, 0.25) is 10.0 Å².